The van der Waals surface area contributed by atoms with Gasteiger partial charge in [-0.3, -0.25) is 14.9 Å². The number of aromatic nitrogens is 4. The van der Waals surface area contributed by atoms with E-state index < -0.39 is 5.82 Å². The van der Waals surface area contributed by atoms with Gasteiger partial charge in [0.05, 0.1) is 23.7 Å². The second-order valence-corrected chi connectivity index (χ2v) is 6.81. The van der Waals surface area contributed by atoms with Crippen LogP contribution in [0.2, 0.25) is 0 Å². The van der Waals surface area contributed by atoms with Crippen molar-refractivity contribution in [2.24, 2.45) is 0 Å². The number of nitrogens with one attached hydrogen (secondary N) is 1. The smallest absolute Gasteiger partial charge is 0.257 e. The van der Waals surface area contributed by atoms with Crippen LogP contribution in [0.15, 0.2) is 42.9 Å². The predicted octanol–water partition coefficient (Wildman–Crippen LogP) is 3.46. The highest BCUT2D eigenvalue weighted by atomic mass is 19.1. The van der Waals surface area contributed by atoms with Gasteiger partial charge in [0.1, 0.15) is 0 Å². The number of rotatable bonds is 4. The molecule has 0 bridgehead atoms. The van der Waals surface area contributed by atoms with Gasteiger partial charge in [-0.25, -0.2) is 9.37 Å². The normalized spacial score (nSPS) is 16.8. The number of nitrogens with zero attached hydrogens (tertiary/aromatic N) is 4. The SMILES string of the molecule is Cc1[nH]ncc1C(=O)N1CCC[C@@H](c2cncc(Oc3ccccc3F)n2)C1. The number of carbonyl (C=O) groups is 1. The highest BCUT2D eigenvalue weighted by Crippen LogP contribution is 2.29. The minimum absolute atomic E-state index is 0.0392. The van der Waals surface area contributed by atoms with Crippen LogP contribution in [0.25, 0.3) is 0 Å². The Morgan fingerprint density at radius 1 is 1.29 bits per heavy atom. The maximum absolute atomic E-state index is 13.8. The number of ether oxygens (including phenoxy) is 1. The van der Waals surface area contributed by atoms with Gasteiger partial charge in [-0.1, -0.05) is 12.1 Å². The summed E-state index contributed by atoms with van der Waals surface area (Å²) in [5, 5.41) is 6.73. The van der Waals surface area contributed by atoms with E-state index in [1.807, 2.05) is 11.8 Å². The molecule has 1 aromatic carbocycles. The molecule has 1 aliphatic rings. The number of halogens is 1. The molecule has 2 aromatic heterocycles. The number of hydrogen-bond acceptors (Lipinski definition) is 5. The Hall–Kier alpha value is -3.29. The van der Waals surface area contributed by atoms with E-state index in [-0.39, 0.29) is 23.5 Å². The van der Waals surface area contributed by atoms with E-state index in [0.29, 0.717) is 18.7 Å². The molecule has 0 unspecified atom stereocenters. The Balaban J connectivity index is 1.50. The quantitative estimate of drug-likeness (QED) is 0.748. The van der Waals surface area contributed by atoms with Crippen molar-refractivity contribution in [1.82, 2.24) is 25.1 Å². The predicted molar refractivity (Wildman–Crippen MR) is 99.7 cm³/mol. The summed E-state index contributed by atoms with van der Waals surface area (Å²) in [4.78, 5) is 23.3. The Labute approximate surface area is 161 Å². The topological polar surface area (TPSA) is 84.0 Å². The minimum Gasteiger partial charge on any atom is -0.434 e. The average Bonchev–Trinajstić information content (AvgIpc) is 3.15. The van der Waals surface area contributed by atoms with Gasteiger partial charge in [-0.05, 0) is 31.9 Å². The van der Waals surface area contributed by atoms with Crippen LogP contribution < -0.4 is 4.74 Å². The van der Waals surface area contributed by atoms with Crippen molar-refractivity contribution in [3.8, 4) is 11.6 Å². The van der Waals surface area contributed by atoms with E-state index in [1.165, 1.54) is 18.3 Å². The third-order valence-corrected chi connectivity index (χ3v) is 4.87. The third kappa shape index (κ3) is 3.71. The number of piperidine rings is 1. The molecule has 144 valence electrons. The fraction of sp³-hybridized carbons (Fsp3) is 0.300. The number of amides is 1. The first kappa shape index (κ1) is 18.1. The first-order valence-electron chi connectivity index (χ1n) is 9.15. The number of para-hydroxylation sites is 1. The summed E-state index contributed by atoms with van der Waals surface area (Å²) < 4.78 is 19.4. The zero-order valence-corrected chi connectivity index (χ0v) is 15.4. The lowest BCUT2D eigenvalue weighted by atomic mass is 9.94. The molecule has 1 aliphatic heterocycles. The number of aryl methyl sites for hydroxylation is 1. The van der Waals surface area contributed by atoms with Crippen molar-refractivity contribution in [2.45, 2.75) is 25.7 Å². The summed E-state index contributed by atoms with van der Waals surface area (Å²) in [5.41, 5.74) is 2.07. The number of carbonyl (C=O) groups excluding carboxylic acids is 1. The molecule has 0 aliphatic carbocycles. The highest BCUT2D eigenvalue weighted by molar-refractivity contribution is 5.95. The van der Waals surface area contributed by atoms with Crippen molar-refractivity contribution in [3.05, 3.63) is 65.6 Å². The van der Waals surface area contributed by atoms with Crippen LogP contribution in [-0.2, 0) is 0 Å². The van der Waals surface area contributed by atoms with Gasteiger partial charge in [0, 0.05) is 30.9 Å². The molecular weight excluding hydrogens is 361 g/mol. The molecule has 1 saturated heterocycles. The third-order valence-electron chi connectivity index (χ3n) is 4.87. The van der Waals surface area contributed by atoms with Crippen molar-refractivity contribution in [3.63, 3.8) is 0 Å². The molecule has 1 fully saturated rings. The van der Waals surface area contributed by atoms with Crippen LogP contribution in [0.5, 0.6) is 11.6 Å². The first-order chi connectivity index (χ1) is 13.6. The van der Waals surface area contributed by atoms with E-state index in [9.17, 15) is 9.18 Å². The number of benzene rings is 1. The fourth-order valence-electron chi connectivity index (χ4n) is 3.39. The molecule has 1 atom stereocenters. The van der Waals surface area contributed by atoms with Gasteiger partial charge in [-0.15, -0.1) is 0 Å². The monoisotopic (exact) mass is 381 g/mol. The second kappa shape index (κ2) is 7.75. The molecule has 1 amide bonds. The summed E-state index contributed by atoms with van der Waals surface area (Å²) in [6.45, 7) is 3.07. The zero-order valence-electron chi connectivity index (χ0n) is 15.4. The largest absolute Gasteiger partial charge is 0.434 e. The molecule has 1 N–H and O–H groups in total. The number of H-pyrrole nitrogens is 1. The summed E-state index contributed by atoms with van der Waals surface area (Å²) in [7, 11) is 0. The van der Waals surface area contributed by atoms with E-state index in [0.717, 1.165) is 24.2 Å². The lowest BCUT2D eigenvalue weighted by Crippen LogP contribution is -2.39. The van der Waals surface area contributed by atoms with Crippen molar-refractivity contribution in [1.29, 1.82) is 0 Å². The molecule has 3 aromatic rings. The van der Waals surface area contributed by atoms with Gasteiger partial charge in [0.2, 0.25) is 5.88 Å². The van der Waals surface area contributed by atoms with Crippen LogP contribution in [0.3, 0.4) is 0 Å². The Kier molecular flexibility index (Phi) is 5.01. The molecule has 0 radical (unpaired) electrons. The van der Waals surface area contributed by atoms with E-state index >= 15 is 0 Å². The van der Waals surface area contributed by atoms with E-state index in [2.05, 4.69) is 20.2 Å². The van der Waals surface area contributed by atoms with Crippen molar-refractivity contribution >= 4 is 5.91 Å². The van der Waals surface area contributed by atoms with Gasteiger partial charge >= 0.3 is 0 Å². The van der Waals surface area contributed by atoms with Crippen molar-refractivity contribution < 1.29 is 13.9 Å². The lowest BCUT2D eigenvalue weighted by molar-refractivity contribution is 0.0705. The molecule has 0 saturated carbocycles. The standard InChI is InChI=1S/C20H20FN5O2/c1-13-15(9-23-25-13)20(27)26-8-4-5-14(12-26)17-10-22-11-19(24-17)28-18-7-3-2-6-16(18)21/h2-3,6-7,9-11,14H,4-5,8,12H2,1H3,(H,23,25)/t14-/m1/s1. The Morgan fingerprint density at radius 2 is 2.14 bits per heavy atom. The molecular formula is C20H20FN5O2. The molecule has 28 heavy (non-hydrogen) atoms. The number of hydrogen-bond donors (Lipinski definition) is 1. The van der Waals surface area contributed by atoms with Crippen LogP contribution in [0.4, 0.5) is 4.39 Å². The summed E-state index contributed by atoms with van der Waals surface area (Å²) in [6.07, 6.45) is 6.45. The zero-order chi connectivity index (χ0) is 19.5. The molecule has 8 heteroatoms. The summed E-state index contributed by atoms with van der Waals surface area (Å²) in [5.74, 6) is -0.120. The number of likely N-dealkylation sites (tertiary alicyclic amines) is 1. The molecule has 7 nitrogen and oxygen atoms in total. The van der Waals surface area contributed by atoms with E-state index in [1.54, 1.807) is 24.5 Å². The van der Waals surface area contributed by atoms with Crippen molar-refractivity contribution in [2.75, 3.05) is 13.1 Å². The van der Waals surface area contributed by atoms with Gasteiger partial charge in [0.15, 0.2) is 11.6 Å². The second-order valence-electron chi connectivity index (χ2n) is 6.81. The van der Waals surface area contributed by atoms with Crippen LogP contribution in [0.1, 0.15) is 40.5 Å². The summed E-state index contributed by atoms with van der Waals surface area (Å²) >= 11 is 0. The lowest BCUT2D eigenvalue weighted by Gasteiger charge is -2.32. The van der Waals surface area contributed by atoms with Gasteiger partial charge < -0.3 is 9.64 Å². The van der Waals surface area contributed by atoms with Gasteiger partial charge in [0.25, 0.3) is 5.91 Å². The highest BCUT2D eigenvalue weighted by Gasteiger charge is 2.28. The Bertz CT molecular complexity index is 990. The summed E-state index contributed by atoms with van der Waals surface area (Å²) in [6, 6.07) is 6.16. The first-order valence-corrected chi connectivity index (χ1v) is 9.15. The average molecular weight is 381 g/mol. The number of aromatic amines is 1. The molecule has 4 rings (SSSR count). The van der Waals surface area contributed by atoms with Crippen LogP contribution in [0, 0.1) is 12.7 Å². The van der Waals surface area contributed by atoms with Crippen LogP contribution in [-0.4, -0.2) is 44.1 Å². The van der Waals surface area contributed by atoms with Crippen LogP contribution >= 0.6 is 0 Å². The Morgan fingerprint density at radius 3 is 2.93 bits per heavy atom. The molecule has 0 spiro atoms. The fourth-order valence-corrected chi connectivity index (χ4v) is 3.39. The maximum Gasteiger partial charge on any atom is 0.257 e. The maximum atomic E-state index is 13.8. The van der Waals surface area contributed by atoms with Gasteiger partial charge in [-0.2, -0.15) is 5.10 Å². The van der Waals surface area contributed by atoms with E-state index in [4.69, 9.17) is 4.74 Å². The minimum atomic E-state index is -0.459. The molecule has 3 heterocycles.